The van der Waals surface area contributed by atoms with Crippen LogP contribution in [0.25, 0.3) is 0 Å². The van der Waals surface area contributed by atoms with Crippen LogP contribution in [0.4, 0.5) is 5.69 Å². The number of benzene rings is 2. The molecule has 1 N–H and O–H groups in total. The zero-order valence-electron chi connectivity index (χ0n) is 17.2. The van der Waals surface area contributed by atoms with Gasteiger partial charge in [-0.2, -0.15) is 0 Å². The molecule has 2 aromatic rings. The number of rotatable bonds is 6. The van der Waals surface area contributed by atoms with Gasteiger partial charge in [0.15, 0.2) is 0 Å². The molecule has 0 spiro atoms. The van der Waals surface area contributed by atoms with E-state index in [-0.39, 0.29) is 41.9 Å². The smallest absolute Gasteiger partial charge is 0.248 e. The van der Waals surface area contributed by atoms with E-state index in [9.17, 15) is 14.4 Å². The summed E-state index contributed by atoms with van der Waals surface area (Å²) in [7, 11) is 1.53. The molecule has 31 heavy (non-hydrogen) atoms. The molecule has 5 atom stereocenters. The SMILES string of the molecule is COc1ccccc1NC(=O)[C@@H](Cc1ccccc1)N1C(=O)[C@@H]2[C@H](C1=O)[C@@H]1C=C[C@H]2C1. The van der Waals surface area contributed by atoms with Gasteiger partial charge >= 0.3 is 0 Å². The Morgan fingerprint density at radius 2 is 1.61 bits per heavy atom. The van der Waals surface area contributed by atoms with Gasteiger partial charge in [-0.05, 0) is 36.0 Å². The number of hydrogen-bond donors (Lipinski definition) is 1. The number of anilines is 1. The second kappa shape index (κ2) is 7.69. The summed E-state index contributed by atoms with van der Waals surface area (Å²) >= 11 is 0. The number of hydrogen-bond acceptors (Lipinski definition) is 4. The first-order valence-corrected chi connectivity index (χ1v) is 10.6. The van der Waals surface area contributed by atoms with Crippen LogP contribution in [0.2, 0.25) is 0 Å². The van der Waals surface area contributed by atoms with Crippen LogP contribution in [0.3, 0.4) is 0 Å². The highest BCUT2D eigenvalue weighted by Gasteiger charge is 2.61. The topological polar surface area (TPSA) is 75.7 Å². The maximum Gasteiger partial charge on any atom is 0.248 e. The van der Waals surface area contributed by atoms with Crippen molar-refractivity contribution < 1.29 is 19.1 Å². The Balaban J connectivity index is 1.47. The molecular formula is C25H24N2O4. The lowest BCUT2D eigenvalue weighted by molar-refractivity contribution is -0.147. The van der Waals surface area contributed by atoms with Gasteiger partial charge in [0.2, 0.25) is 17.7 Å². The Kier molecular flexibility index (Phi) is 4.85. The molecular weight excluding hydrogens is 392 g/mol. The average molecular weight is 416 g/mol. The molecule has 0 aromatic heterocycles. The molecule has 6 nitrogen and oxygen atoms in total. The summed E-state index contributed by atoms with van der Waals surface area (Å²) in [5, 5.41) is 2.88. The molecule has 2 aromatic carbocycles. The van der Waals surface area contributed by atoms with Crippen molar-refractivity contribution >= 4 is 23.4 Å². The van der Waals surface area contributed by atoms with Crippen molar-refractivity contribution in [1.29, 1.82) is 0 Å². The summed E-state index contributed by atoms with van der Waals surface area (Å²) in [6, 6.07) is 15.7. The maximum atomic E-state index is 13.4. The van der Waals surface area contributed by atoms with Crippen LogP contribution in [-0.4, -0.2) is 35.8 Å². The molecule has 0 unspecified atom stereocenters. The number of allylic oxidation sites excluding steroid dienone is 2. The number of nitrogens with one attached hydrogen (secondary N) is 1. The highest BCUT2D eigenvalue weighted by atomic mass is 16.5. The number of imide groups is 1. The van der Waals surface area contributed by atoms with Gasteiger partial charge in [0, 0.05) is 6.42 Å². The van der Waals surface area contributed by atoms with Crippen molar-refractivity contribution in [1.82, 2.24) is 4.90 Å². The normalized spacial score (nSPS) is 26.8. The second-order valence-corrected chi connectivity index (χ2v) is 8.44. The summed E-state index contributed by atoms with van der Waals surface area (Å²) in [4.78, 5) is 41.4. The summed E-state index contributed by atoms with van der Waals surface area (Å²) in [6.07, 6.45) is 5.24. The van der Waals surface area contributed by atoms with Crippen LogP contribution >= 0.6 is 0 Å². The second-order valence-electron chi connectivity index (χ2n) is 8.44. The number of para-hydroxylation sites is 2. The fraction of sp³-hybridized carbons (Fsp3) is 0.320. The van der Waals surface area contributed by atoms with Gasteiger partial charge in [-0.3, -0.25) is 19.3 Å². The summed E-state index contributed by atoms with van der Waals surface area (Å²) < 4.78 is 5.34. The summed E-state index contributed by atoms with van der Waals surface area (Å²) in [6.45, 7) is 0. The van der Waals surface area contributed by atoms with Crippen molar-refractivity contribution in [2.24, 2.45) is 23.7 Å². The van der Waals surface area contributed by atoms with Gasteiger partial charge in [0.05, 0.1) is 24.6 Å². The molecule has 2 aliphatic carbocycles. The molecule has 3 aliphatic rings. The molecule has 158 valence electrons. The highest BCUT2D eigenvalue weighted by molar-refractivity contribution is 6.11. The van der Waals surface area contributed by atoms with E-state index in [0.29, 0.717) is 11.4 Å². The lowest BCUT2D eigenvalue weighted by Crippen LogP contribution is -2.49. The predicted octanol–water partition coefficient (Wildman–Crippen LogP) is 3.05. The molecule has 3 amide bonds. The van der Waals surface area contributed by atoms with E-state index in [1.807, 2.05) is 36.4 Å². The van der Waals surface area contributed by atoms with Gasteiger partial charge in [-0.1, -0.05) is 54.6 Å². The van der Waals surface area contributed by atoms with Gasteiger partial charge in [0.1, 0.15) is 11.8 Å². The minimum Gasteiger partial charge on any atom is -0.495 e. The van der Waals surface area contributed by atoms with Crippen molar-refractivity contribution in [2.75, 3.05) is 12.4 Å². The van der Waals surface area contributed by atoms with Gasteiger partial charge < -0.3 is 10.1 Å². The third kappa shape index (κ3) is 3.23. The number of fused-ring (bicyclic) bond motifs is 5. The Bertz CT molecular complexity index is 1030. The molecule has 2 fully saturated rings. The highest BCUT2D eigenvalue weighted by Crippen LogP contribution is 2.53. The predicted molar refractivity (Wildman–Crippen MR) is 115 cm³/mol. The molecule has 1 aliphatic heterocycles. The van der Waals surface area contributed by atoms with E-state index in [1.165, 1.54) is 12.0 Å². The summed E-state index contributed by atoms with van der Waals surface area (Å²) in [5.41, 5.74) is 1.40. The fourth-order valence-electron chi connectivity index (χ4n) is 5.34. The molecule has 1 saturated carbocycles. The Labute approximate surface area is 180 Å². The van der Waals surface area contributed by atoms with Crippen LogP contribution in [0.5, 0.6) is 5.75 Å². The van der Waals surface area contributed by atoms with Crippen molar-refractivity contribution in [2.45, 2.75) is 18.9 Å². The zero-order valence-corrected chi connectivity index (χ0v) is 17.2. The minimum absolute atomic E-state index is 0.103. The van der Waals surface area contributed by atoms with Gasteiger partial charge in [-0.15, -0.1) is 0 Å². The van der Waals surface area contributed by atoms with Crippen molar-refractivity contribution in [3.8, 4) is 5.75 Å². The lowest BCUT2D eigenvalue weighted by Gasteiger charge is -2.27. The van der Waals surface area contributed by atoms with Crippen LogP contribution in [0.15, 0.2) is 66.7 Å². The quantitative estimate of drug-likeness (QED) is 0.580. The molecule has 1 heterocycles. The lowest BCUT2D eigenvalue weighted by atomic mass is 9.85. The van der Waals surface area contributed by atoms with Crippen LogP contribution in [0.1, 0.15) is 12.0 Å². The zero-order chi connectivity index (χ0) is 21.5. The number of likely N-dealkylation sites (tertiary alicyclic amines) is 1. The first-order valence-electron chi connectivity index (χ1n) is 10.6. The first-order chi connectivity index (χ1) is 15.1. The third-order valence-corrected chi connectivity index (χ3v) is 6.76. The Morgan fingerprint density at radius 3 is 2.26 bits per heavy atom. The molecule has 2 bridgehead atoms. The van der Waals surface area contributed by atoms with Crippen LogP contribution < -0.4 is 10.1 Å². The standard InChI is InChI=1S/C25H24N2O4/c1-31-20-10-6-5-9-18(20)26-23(28)19(13-15-7-3-2-4-8-15)27-24(29)21-16-11-12-17(14-16)22(21)25(27)30/h2-12,16-17,19,21-22H,13-14H2,1H3,(H,26,28)/t16-,17+,19-,21-,22+/m1/s1. The number of nitrogens with zero attached hydrogens (tertiary/aromatic N) is 1. The minimum atomic E-state index is -0.919. The van der Waals surface area contributed by atoms with E-state index in [0.717, 1.165) is 12.0 Å². The summed E-state index contributed by atoms with van der Waals surface area (Å²) in [5.74, 6) is -0.773. The van der Waals surface area contributed by atoms with Crippen molar-refractivity contribution in [3.63, 3.8) is 0 Å². The van der Waals surface area contributed by atoms with Crippen LogP contribution in [0, 0.1) is 23.7 Å². The van der Waals surface area contributed by atoms with E-state index >= 15 is 0 Å². The van der Waals surface area contributed by atoms with E-state index in [1.54, 1.807) is 18.2 Å². The van der Waals surface area contributed by atoms with E-state index in [2.05, 4.69) is 17.5 Å². The number of carbonyl (C=O) groups excluding carboxylic acids is 3. The number of amides is 3. The largest absolute Gasteiger partial charge is 0.495 e. The maximum absolute atomic E-state index is 13.4. The van der Waals surface area contributed by atoms with Crippen LogP contribution in [-0.2, 0) is 20.8 Å². The molecule has 6 heteroatoms. The van der Waals surface area contributed by atoms with Crippen molar-refractivity contribution in [3.05, 3.63) is 72.3 Å². The monoisotopic (exact) mass is 416 g/mol. The Morgan fingerprint density at radius 1 is 1.00 bits per heavy atom. The number of ether oxygens (including phenoxy) is 1. The third-order valence-electron chi connectivity index (χ3n) is 6.76. The first kappa shape index (κ1) is 19.5. The number of methoxy groups -OCH3 is 1. The molecule has 1 saturated heterocycles. The molecule has 0 radical (unpaired) electrons. The molecule has 5 rings (SSSR count). The van der Waals surface area contributed by atoms with Gasteiger partial charge in [0.25, 0.3) is 0 Å². The van der Waals surface area contributed by atoms with Gasteiger partial charge in [-0.25, -0.2) is 0 Å². The fourth-order valence-corrected chi connectivity index (χ4v) is 5.34. The average Bonchev–Trinajstić information content (AvgIpc) is 3.47. The van der Waals surface area contributed by atoms with E-state index in [4.69, 9.17) is 4.74 Å². The number of carbonyl (C=O) groups is 3. The Hall–Kier alpha value is -3.41. The van der Waals surface area contributed by atoms with E-state index < -0.39 is 11.9 Å².